The number of esters is 1. The Kier molecular flexibility index (Phi) is 3.95. The standard InChI is InChI=1S/C17H20N2O2/c1-2-21-17(20)16-15(9-10-18-16)19-11-13-5-3-4-6-14(13)12-7-8-12/h3-6,9-10,12,18-19H,2,7-8,11H2,1H3. The Balaban J connectivity index is 1.71. The quantitative estimate of drug-likeness (QED) is 0.796. The third kappa shape index (κ3) is 3.10. The molecule has 0 saturated heterocycles. The van der Waals surface area contributed by atoms with Crippen LogP contribution in [0.5, 0.6) is 0 Å². The van der Waals surface area contributed by atoms with Crippen LogP contribution in [-0.2, 0) is 11.3 Å². The molecule has 110 valence electrons. The largest absolute Gasteiger partial charge is 0.461 e. The van der Waals surface area contributed by atoms with Crippen molar-refractivity contribution in [3.05, 3.63) is 53.3 Å². The van der Waals surface area contributed by atoms with Crippen LogP contribution in [0.15, 0.2) is 36.5 Å². The summed E-state index contributed by atoms with van der Waals surface area (Å²) in [6, 6.07) is 10.4. The van der Waals surface area contributed by atoms with Gasteiger partial charge in [-0.2, -0.15) is 0 Å². The number of carbonyl (C=O) groups excluding carboxylic acids is 1. The third-order valence-electron chi connectivity index (χ3n) is 3.77. The van der Waals surface area contributed by atoms with Crippen molar-refractivity contribution in [1.29, 1.82) is 0 Å². The van der Waals surface area contributed by atoms with Gasteiger partial charge < -0.3 is 15.0 Å². The average Bonchev–Trinajstić information content (AvgIpc) is 3.23. The molecule has 2 aromatic rings. The van der Waals surface area contributed by atoms with Crippen LogP contribution >= 0.6 is 0 Å². The Hall–Kier alpha value is -2.23. The van der Waals surface area contributed by atoms with Gasteiger partial charge in [0.05, 0.1) is 12.3 Å². The summed E-state index contributed by atoms with van der Waals surface area (Å²) in [6.45, 7) is 2.90. The lowest BCUT2D eigenvalue weighted by molar-refractivity contribution is 0.0521. The molecule has 0 radical (unpaired) electrons. The number of aromatic nitrogens is 1. The van der Waals surface area contributed by atoms with Crippen LogP contribution in [0.4, 0.5) is 5.69 Å². The first-order valence-corrected chi connectivity index (χ1v) is 7.45. The Morgan fingerprint density at radius 2 is 2.14 bits per heavy atom. The highest BCUT2D eigenvalue weighted by Crippen LogP contribution is 2.41. The van der Waals surface area contributed by atoms with Crippen molar-refractivity contribution in [3.8, 4) is 0 Å². The zero-order chi connectivity index (χ0) is 14.7. The molecule has 4 nitrogen and oxygen atoms in total. The molecule has 1 aromatic heterocycles. The van der Waals surface area contributed by atoms with Crippen LogP contribution in [-0.4, -0.2) is 17.6 Å². The normalized spacial score (nSPS) is 14.0. The van der Waals surface area contributed by atoms with Gasteiger partial charge in [-0.05, 0) is 42.9 Å². The van der Waals surface area contributed by atoms with Gasteiger partial charge >= 0.3 is 5.97 Å². The van der Waals surface area contributed by atoms with E-state index in [0.717, 1.165) is 18.2 Å². The second-order valence-electron chi connectivity index (χ2n) is 5.31. The van der Waals surface area contributed by atoms with Gasteiger partial charge in [-0.1, -0.05) is 24.3 Å². The van der Waals surface area contributed by atoms with E-state index < -0.39 is 0 Å². The van der Waals surface area contributed by atoms with Crippen LogP contribution in [0.25, 0.3) is 0 Å². The van der Waals surface area contributed by atoms with E-state index >= 15 is 0 Å². The predicted molar refractivity (Wildman–Crippen MR) is 82.5 cm³/mol. The first kappa shape index (κ1) is 13.7. The zero-order valence-electron chi connectivity index (χ0n) is 12.2. The maximum Gasteiger partial charge on any atom is 0.356 e. The molecule has 0 unspecified atom stereocenters. The van der Waals surface area contributed by atoms with Crippen LogP contribution < -0.4 is 5.32 Å². The number of ether oxygens (including phenoxy) is 1. The molecule has 3 rings (SSSR count). The Morgan fingerprint density at radius 1 is 1.33 bits per heavy atom. The first-order chi connectivity index (χ1) is 10.3. The van der Waals surface area contributed by atoms with Gasteiger partial charge in [-0.15, -0.1) is 0 Å². The molecule has 1 aliphatic rings. The molecule has 0 spiro atoms. The van der Waals surface area contributed by atoms with Crippen molar-refractivity contribution in [2.24, 2.45) is 0 Å². The maximum absolute atomic E-state index is 11.8. The van der Waals surface area contributed by atoms with Crippen molar-refractivity contribution < 1.29 is 9.53 Å². The Morgan fingerprint density at radius 3 is 2.90 bits per heavy atom. The number of aromatic amines is 1. The molecular formula is C17H20N2O2. The molecule has 0 amide bonds. The van der Waals surface area contributed by atoms with E-state index in [4.69, 9.17) is 4.74 Å². The molecule has 1 fully saturated rings. The number of hydrogen-bond acceptors (Lipinski definition) is 3. The summed E-state index contributed by atoms with van der Waals surface area (Å²) in [5, 5.41) is 3.34. The van der Waals surface area contributed by atoms with E-state index in [-0.39, 0.29) is 5.97 Å². The second kappa shape index (κ2) is 6.04. The van der Waals surface area contributed by atoms with Crippen molar-refractivity contribution in [1.82, 2.24) is 4.98 Å². The summed E-state index contributed by atoms with van der Waals surface area (Å²) >= 11 is 0. The lowest BCUT2D eigenvalue weighted by atomic mass is 10.0. The molecule has 21 heavy (non-hydrogen) atoms. The highest BCUT2D eigenvalue weighted by molar-refractivity contribution is 5.93. The minimum atomic E-state index is -0.319. The van der Waals surface area contributed by atoms with Gasteiger partial charge in [-0.3, -0.25) is 0 Å². The Bertz CT molecular complexity index is 629. The highest BCUT2D eigenvalue weighted by atomic mass is 16.5. The fraction of sp³-hybridized carbons (Fsp3) is 0.353. The van der Waals surface area contributed by atoms with Gasteiger partial charge in [0, 0.05) is 12.7 Å². The molecule has 0 aliphatic heterocycles. The molecule has 1 aromatic carbocycles. The summed E-state index contributed by atoms with van der Waals surface area (Å²) < 4.78 is 5.04. The van der Waals surface area contributed by atoms with Crippen molar-refractivity contribution in [3.63, 3.8) is 0 Å². The molecular weight excluding hydrogens is 264 g/mol. The number of nitrogens with one attached hydrogen (secondary N) is 2. The summed E-state index contributed by atoms with van der Waals surface area (Å²) in [5.41, 5.74) is 4.01. The van der Waals surface area contributed by atoms with Crippen LogP contribution in [0, 0.1) is 0 Å². The first-order valence-electron chi connectivity index (χ1n) is 7.45. The van der Waals surface area contributed by atoms with E-state index in [1.54, 1.807) is 13.1 Å². The summed E-state index contributed by atoms with van der Waals surface area (Å²) in [4.78, 5) is 14.8. The summed E-state index contributed by atoms with van der Waals surface area (Å²) in [5.74, 6) is 0.402. The SMILES string of the molecule is CCOC(=O)c1[nH]ccc1NCc1ccccc1C1CC1. The minimum Gasteiger partial charge on any atom is -0.461 e. The zero-order valence-corrected chi connectivity index (χ0v) is 12.2. The second-order valence-corrected chi connectivity index (χ2v) is 5.31. The third-order valence-corrected chi connectivity index (χ3v) is 3.77. The highest BCUT2D eigenvalue weighted by Gasteiger charge is 2.25. The predicted octanol–water partition coefficient (Wildman–Crippen LogP) is 3.68. The van der Waals surface area contributed by atoms with Crippen LogP contribution in [0.1, 0.15) is 47.3 Å². The molecule has 4 heteroatoms. The Labute approximate surface area is 124 Å². The topological polar surface area (TPSA) is 54.1 Å². The van der Waals surface area contributed by atoms with E-state index in [1.165, 1.54) is 24.0 Å². The van der Waals surface area contributed by atoms with E-state index in [0.29, 0.717) is 12.3 Å². The average molecular weight is 284 g/mol. The lowest BCUT2D eigenvalue weighted by Gasteiger charge is -2.11. The molecule has 2 N–H and O–H groups in total. The smallest absolute Gasteiger partial charge is 0.356 e. The van der Waals surface area contributed by atoms with Crippen LogP contribution in [0.3, 0.4) is 0 Å². The molecule has 1 heterocycles. The maximum atomic E-state index is 11.8. The monoisotopic (exact) mass is 284 g/mol. The van der Waals surface area contributed by atoms with E-state index in [1.807, 2.05) is 6.07 Å². The summed E-state index contributed by atoms with van der Waals surface area (Å²) in [7, 11) is 0. The van der Waals surface area contributed by atoms with Gasteiger partial charge in [-0.25, -0.2) is 4.79 Å². The van der Waals surface area contributed by atoms with Crippen molar-refractivity contribution >= 4 is 11.7 Å². The molecule has 0 bridgehead atoms. The van der Waals surface area contributed by atoms with Crippen molar-refractivity contribution in [2.45, 2.75) is 32.2 Å². The number of H-pyrrole nitrogens is 1. The number of carbonyl (C=O) groups is 1. The molecule has 1 saturated carbocycles. The number of rotatable bonds is 6. The van der Waals surface area contributed by atoms with Gasteiger partial charge in [0.1, 0.15) is 5.69 Å². The number of anilines is 1. The van der Waals surface area contributed by atoms with E-state index in [2.05, 4.69) is 34.6 Å². The molecule has 1 aliphatic carbocycles. The van der Waals surface area contributed by atoms with Gasteiger partial charge in [0.15, 0.2) is 0 Å². The fourth-order valence-electron chi connectivity index (χ4n) is 2.57. The lowest BCUT2D eigenvalue weighted by Crippen LogP contribution is -2.10. The summed E-state index contributed by atoms with van der Waals surface area (Å²) in [6.07, 6.45) is 4.33. The molecule has 0 atom stereocenters. The van der Waals surface area contributed by atoms with E-state index in [9.17, 15) is 4.79 Å². The van der Waals surface area contributed by atoms with Gasteiger partial charge in [0.25, 0.3) is 0 Å². The van der Waals surface area contributed by atoms with Crippen molar-refractivity contribution in [2.75, 3.05) is 11.9 Å². The van der Waals surface area contributed by atoms with Gasteiger partial charge in [0.2, 0.25) is 0 Å². The minimum absolute atomic E-state index is 0.319. The fourth-order valence-corrected chi connectivity index (χ4v) is 2.57. The number of hydrogen-bond donors (Lipinski definition) is 2. The number of benzene rings is 1. The van der Waals surface area contributed by atoms with Crippen LogP contribution in [0.2, 0.25) is 0 Å².